The lowest BCUT2D eigenvalue weighted by Gasteiger charge is -2.52. The topological polar surface area (TPSA) is 6.48 Å². The van der Waals surface area contributed by atoms with Crippen LogP contribution >= 0.6 is 0 Å². The fraction of sp³-hybridized carbons (Fsp3) is 0.727. The Hall–Kier alpha value is -1.07. The Balaban J connectivity index is 1.88. The smallest absolute Gasteiger partial charge is 0.302 e. The summed E-state index contributed by atoms with van der Waals surface area (Å²) in [6.45, 7) is 8.82. The number of halogens is 3. The average Bonchev–Trinajstić information content (AvgIpc) is 2.95. The van der Waals surface area contributed by atoms with Crippen LogP contribution in [-0.4, -0.2) is 48.1 Å². The Morgan fingerprint density at radius 1 is 1.19 bits per heavy atom. The van der Waals surface area contributed by atoms with E-state index in [0.29, 0.717) is 0 Å². The molecule has 2 atom stereocenters. The number of piperidine rings is 1. The van der Waals surface area contributed by atoms with Crippen LogP contribution in [0.5, 0.6) is 0 Å². The molecule has 5 heteroatoms. The Morgan fingerprint density at radius 2 is 1.89 bits per heavy atom. The molecule has 1 fully saturated rings. The number of alkyl halides is 3. The molecule has 152 valence electrons. The van der Waals surface area contributed by atoms with E-state index in [0.717, 1.165) is 56.3 Å². The molecule has 1 aliphatic heterocycles. The number of hydrogen-bond donors (Lipinski definition) is 0. The standard InChI is InChI=1S/C22H33F3N2/c1-20(2,3)27-12-6-11-21(15-27,26(4)5)14-17-8-7-16-9-10-18(13-19(16)17)22(23,24)25/h9-10,13,17H,6-8,11-12,14-15H2,1-5H3/t17-,21+/m1/s1. The largest absolute Gasteiger partial charge is 0.416 e. The molecule has 2 aliphatic rings. The van der Waals surface area contributed by atoms with Gasteiger partial charge in [0.25, 0.3) is 0 Å². The summed E-state index contributed by atoms with van der Waals surface area (Å²) in [5, 5.41) is 0. The maximum atomic E-state index is 13.2. The van der Waals surface area contributed by atoms with Crippen LogP contribution in [0.25, 0.3) is 0 Å². The summed E-state index contributed by atoms with van der Waals surface area (Å²) in [5.41, 5.74) is 1.65. The fourth-order valence-electron chi connectivity index (χ4n) is 4.93. The van der Waals surface area contributed by atoms with Crippen LogP contribution in [0.1, 0.15) is 69.1 Å². The predicted octanol–water partition coefficient (Wildman–Crippen LogP) is 5.32. The van der Waals surface area contributed by atoms with Crippen LogP contribution in [-0.2, 0) is 12.6 Å². The van der Waals surface area contributed by atoms with Crippen molar-refractivity contribution >= 4 is 0 Å². The lowest BCUT2D eigenvalue weighted by Crippen LogP contribution is -2.60. The van der Waals surface area contributed by atoms with Crippen molar-refractivity contribution in [2.75, 3.05) is 27.2 Å². The first-order chi connectivity index (χ1) is 12.4. The van der Waals surface area contributed by atoms with Crippen molar-refractivity contribution in [1.82, 2.24) is 9.80 Å². The number of likely N-dealkylation sites (N-methyl/N-ethyl adjacent to an activating group) is 1. The van der Waals surface area contributed by atoms with Gasteiger partial charge in [0.15, 0.2) is 0 Å². The molecule has 0 aromatic heterocycles. The monoisotopic (exact) mass is 382 g/mol. The van der Waals surface area contributed by atoms with Gasteiger partial charge in [0, 0.05) is 17.6 Å². The zero-order valence-corrected chi connectivity index (χ0v) is 17.3. The highest BCUT2D eigenvalue weighted by molar-refractivity contribution is 5.39. The van der Waals surface area contributed by atoms with Crippen molar-refractivity contribution in [3.63, 3.8) is 0 Å². The Bertz CT molecular complexity index is 675. The summed E-state index contributed by atoms with van der Waals surface area (Å²) in [4.78, 5) is 4.87. The van der Waals surface area contributed by atoms with Crippen molar-refractivity contribution in [1.29, 1.82) is 0 Å². The molecule has 0 unspecified atom stereocenters. The zero-order chi connectivity index (χ0) is 20.0. The van der Waals surface area contributed by atoms with Crippen LogP contribution in [0.4, 0.5) is 13.2 Å². The molecule has 2 nitrogen and oxygen atoms in total. The molecule has 3 rings (SSSR count). The molecule has 1 aromatic rings. The first-order valence-corrected chi connectivity index (χ1v) is 10.0. The molecule has 27 heavy (non-hydrogen) atoms. The van der Waals surface area contributed by atoms with Crippen molar-refractivity contribution in [3.8, 4) is 0 Å². The summed E-state index contributed by atoms with van der Waals surface area (Å²) in [6.07, 6.45) is 0.761. The van der Waals surface area contributed by atoms with Gasteiger partial charge in [-0.3, -0.25) is 4.90 Å². The molecule has 1 aromatic carbocycles. The van der Waals surface area contributed by atoms with Gasteiger partial charge >= 0.3 is 6.18 Å². The molecule has 0 spiro atoms. The van der Waals surface area contributed by atoms with E-state index in [2.05, 4.69) is 44.7 Å². The van der Waals surface area contributed by atoms with Gasteiger partial charge in [-0.05, 0) is 103 Å². The van der Waals surface area contributed by atoms with Crippen LogP contribution in [0.3, 0.4) is 0 Å². The normalized spacial score (nSPS) is 27.2. The van der Waals surface area contributed by atoms with E-state index in [1.807, 2.05) is 0 Å². The second-order valence-electron chi connectivity index (χ2n) is 9.67. The first-order valence-electron chi connectivity index (χ1n) is 10.0. The van der Waals surface area contributed by atoms with Gasteiger partial charge in [-0.15, -0.1) is 0 Å². The van der Waals surface area contributed by atoms with Crippen molar-refractivity contribution in [2.24, 2.45) is 0 Å². The molecule has 0 bridgehead atoms. The van der Waals surface area contributed by atoms with Crippen LogP contribution in [0, 0.1) is 0 Å². The van der Waals surface area contributed by atoms with Crippen LogP contribution in [0.2, 0.25) is 0 Å². The average molecular weight is 383 g/mol. The number of likely N-dealkylation sites (tertiary alicyclic amines) is 1. The summed E-state index contributed by atoms with van der Waals surface area (Å²) in [7, 11) is 4.27. The van der Waals surface area contributed by atoms with E-state index in [4.69, 9.17) is 0 Å². The summed E-state index contributed by atoms with van der Waals surface area (Å²) >= 11 is 0. The maximum Gasteiger partial charge on any atom is 0.416 e. The SMILES string of the molecule is CN(C)[C@]1(C[C@H]2CCc3ccc(C(F)(F)F)cc32)CCCN(C(C)(C)C)C1. The van der Waals surface area contributed by atoms with Gasteiger partial charge in [-0.25, -0.2) is 0 Å². The molecular formula is C22H33F3N2. The second kappa shape index (κ2) is 7.07. The fourth-order valence-corrected chi connectivity index (χ4v) is 4.93. The Kier molecular flexibility index (Phi) is 5.41. The van der Waals surface area contributed by atoms with Gasteiger partial charge in [0.05, 0.1) is 5.56 Å². The summed E-state index contributed by atoms with van der Waals surface area (Å²) < 4.78 is 39.6. The third-order valence-electron chi connectivity index (χ3n) is 6.75. The molecule has 1 heterocycles. The van der Waals surface area contributed by atoms with E-state index < -0.39 is 11.7 Å². The lowest BCUT2D eigenvalue weighted by molar-refractivity contribution is -0.137. The Labute approximate surface area is 161 Å². The van der Waals surface area contributed by atoms with Crippen molar-refractivity contribution < 1.29 is 13.2 Å². The molecule has 0 radical (unpaired) electrons. The van der Waals surface area contributed by atoms with E-state index in [-0.39, 0.29) is 17.0 Å². The van der Waals surface area contributed by atoms with Gasteiger partial charge in [0.1, 0.15) is 0 Å². The minimum atomic E-state index is -4.27. The molecule has 0 amide bonds. The van der Waals surface area contributed by atoms with Gasteiger partial charge in [-0.1, -0.05) is 6.07 Å². The second-order valence-corrected chi connectivity index (χ2v) is 9.67. The molecular weight excluding hydrogens is 349 g/mol. The van der Waals surface area contributed by atoms with E-state index in [1.165, 1.54) is 12.1 Å². The highest BCUT2D eigenvalue weighted by atomic mass is 19.4. The first kappa shape index (κ1) is 20.7. The van der Waals surface area contributed by atoms with Gasteiger partial charge in [-0.2, -0.15) is 13.2 Å². The third kappa shape index (κ3) is 4.19. The van der Waals surface area contributed by atoms with Gasteiger partial charge in [0.2, 0.25) is 0 Å². The molecule has 0 saturated carbocycles. The molecule has 0 N–H and O–H groups in total. The van der Waals surface area contributed by atoms with Crippen LogP contribution < -0.4 is 0 Å². The number of aryl methyl sites for hydroxylation is 1. The van der Waals surface area contributed by atoms with Gasteiger partial charge < -0.3 is 4.90 Å². The zero-order valence-electron chi connectivity index (χ0n) is 17.3. The lowest BCUT2D eigenvalue weighted by atomic mass is 9.77. The van der Waals surface area contributed by atoms with E-state index >= 15 is 0 Å². The number of fused-ring (bicyclic) bond motifs is 1. The number of hydrogen-bond acceptors (Lipinski definition) is 2. The van der Waals surface area contributed by atoms with E-state index in [9.17, 15) is 13.2 Å². The highest BCUT2D eigenvalue weighted by Crippen LogP contribution is 2.44. The van der Waals surface area contributed by atoms with Crippen LogP contribution in [0.15, 0.2) is 18.2 Å². The summed E-state index contributed by atoms with van der Waals surface area (Å²) in [6, 6.07) is 4.36. The Morgan fingerprint density at radius 3 is 2.48 bits per heavy atom. The third-order valence-corrected chi connectivity index (χ3v) is 6.75. The molecule has 1 saturated heterocycles. The van der Waals surface area contributed by atoms with Crippen molar-refractivity contribution in [2.45, 2.75) is 76.0 Å². The maximum absolute atomic E-state index is 13.2. The minimum Gasteiger partial charge on any atom is -0.302 e. The summed E-state index contributed by atoms with van der Waals surface area (Å²) in [5.74, 6) is 0.213. The number of rotatable bonds is 3. The quantitative estimate of drug-likeness (QED) is 0.698. The number of benzene rings is 1. The minimum absolute atomic E-state index is 0.0199. The highest BCUT2D eigenvalue weighted by Gasteiger charge is 2.43. The predicted molar refractivity (Wildman–Crippen MR) is 104 cm³/mol. The molecule has 1 aliphatic carbocycles. The van der Waals surface area contributed by atoms with E-state index in [1.54, 1.807) is 6.07 Å². The van der Waals surface area contributed by atoms with Crippen molar-refractivity contribution in [3.05, 3.63) is 34.9 Å². The number of nitrogens with zero attached hydrogens (tertiary/aromatic N) is 2.